The minimum atomic E-state index is -1.50. The topological polar surface area (TPSA) is 82.6 Å². The number of ether oxygens (including phenoxy) is 2. The van der Waals surface area contributed by atoms with Crippen molar-refractivity contribution < 1.29 is 24.2 Å². The molecule has 8 nitrogen and oxygen atoms in total. The Morgan fingerprint density at radius 2 is 1.74 bits per heavy atom. The van der Waals surface area contributed by atoms with Crippen molar-refractivity contribution in [2.45, 2.75) is 49.4 Å². The minimum absolute atomic E-state index is 0.00377. The van der Waals surface area contributed by atoms with Crippen LogP contribution in [0.2, 0.25) is 10.0 Å². The summed E-state index contributed by atoms with van der Waals surface area (Å²) in [5, 5.41) is 11.8. The van der Waals surface area contributed by atoms with E-state index in [1.807, 2.05) is 11.0 Å². The normalized spacial score (nSPS) is 32.1. The Kier molecular flexibility index (Phi) is 7.08. The molecule has 4 aliphatic rings. The van der Waals surface area contributed by atoms with E-state index in [1.165, 1.54) is 0 Å². The molecule has 4 saturated heterocycles. The van der Waals surface area contributed by atoms with Crippen molar-refractivity contribution in [3.8, 4) is 0 Å². The molecule has 186 valence electrons. The molecule has 4 atom stereocenters. The Hall–Kier alpha value is -1.42. The van der Waals surface area contributed by atoms with Crippen LogP contribution in [0.5, 0.6) is 0 Å². The number of fused-ring (bicyclic) bond motifs is 1. The van der Waals surface area contributed by atoms with Crippen molar-refractivity contribution in [2.75, 3.05) is 52.6 Å². The van der Waals surface area contributed by atoms with Gasteiger partial charge in [0.05, 0.1) is 61.0 Å². The monoisotopic (exact) mass is 511 g/mol. The fraction of sp³-hybridized carbons (Fsp3) is 0.667. The first-order valence-corrected chi connectivity index (χ1v) is 12.8. The summed E-state index contributed by atoms with van der Waals surface area (Å²) in [6.45, 7) is 3.91. The number of benzene rings is 1. The molecule has 0 radical (unpaired) electrons. The van der Waals surface area contributed by atoms with Crippen molar-refractivity contribution in [3.63, 3.8) is 0 Å². The molecule has 1 unspecified atom stereocenters. The Bertz CT molecular complexity index is 935. The van der Waals surface area contributed by atoms with Crippen LogP contribution in [-0.4, -0.2) is 108 Å². The summed E-state index contributed by atoms with van der Waals surface area (Å²) in [6.07, 6.45) is 2.73. The van der Waals surface area contributed by atoms with Gasteiger partial charge in [-0.3, -0.25) is 14.5 Å². The van der Waals surface area contributed by atoms with Crippen LogP contribution in [0.25, 0.3) is 0 Å². The number of halogens is 2. The van der Waals surface area contributed by atoms with E-state index in [9.17, 15) is 14.7 Å². The maximum absolute atomic E-state index is 13.6. The molecule has 5 rings (SSSR count). The first-order valence-electron chi connectivity index (χ1n) is 12.0. The van der Waals surface area contributed by atoms with Crippen molar-refractivity contribution in [2.24, 2.45) is 0 Å². The quantitative estimate of drug-likeness (QED) is 0.660. The number of carbonyl (C=O) groups excluding carboxylic acids is 2. The summed E-state index contributed by atoms with van der Waals surface area (Å²) in [5.41, 5.74) is -0.700. The zero-order valence-electron chi connectivity index (χ0n) is 19.1. The molecule has 0 aliphatic carbocycles. The Morgan fingerprint density at radius 1 is 1.00 bits per heavy atom. The van der Waals surface area contributed by atoms with Crippen molar-refractivity contribution in [1.29, 1.82) is 0 Å². The van der Waals surface area contributed by atoms with Gasteiger partial charge in [0.1, 0.15) is 0 Å². The van der Waals surface area contributed by atoms with Gasteiger partial charge in [-0.25, -0.2) is 0 Å². The van der Waals surface area contributed by atoms with Gasteiger partial charge in [-0.05, 0) is 43.6 Å². The van der Waals surface area contributed by atoms with Gasteiger partial charge < -0.3 is 24.4 Å². The van der Waals surface area contributed by atoms with Gasteiger partial charge in [-0.2, -0.15) is 0 Å². The van der Waals surface area contributed by atoms with Gasteiger partial charge >= 0.3 is 0 Å². The molecule has 0 saturated carbocycles. The smallest absolute Gasteiger partial charge is 0.257 e. The van der Waals surface area contributed by atoms with Crippen LogP contribution in [0.3, 0.4) is 0 Å². The summed E-state index contributed by atoms with van der Waals surface area (Å²) in [5.74, 6) is -0.322. The van der Waals surface area contributed by atoms with E-state index in [1.54, 1.807) is 17.0 Å². The van der Waals surface area contributed by atoms with Gasteiger partial charge in [-0.15, -0.1) is 0 Å². The fourth-order valence-corrected chi connectivity index (χ4v) is 6.16. The second-order valence-electron chi connectivity index (χ2n) is 9.75. The zero-order valence-corrected chi connectivity index (χ0v) is 20.6. The molecule has 2 amide bonds. The molecule has 10 heteroatoms. The van der Waals surface area contributed by atoms with Crippen LogP contribution in [0.4, 0.5) is 0 Å². The van der Waals surface area contributed by atoms with Crippen molar-refractivity contribution in [3.05, 3.63) is 33.8 Å². The zero-order chi connectivity index (χ0) is 23.9. The number of likely N-dealkylation sites (tertiary alicyclic amines) is 1. The predicted octanol–water partition coefficient (Wildman–Crippen LogP) is 1.59. The van der Waals surface area contributed by atoms with Gasteiger partial charge in [0.15, 0.2) is 5.60 Å². The van der Waals surface area contributed by atoms with Crippen molar-refractivity contribution >= 4 is 35.0 Å². The number of piperazine rings is 1. The molecule has 0 spiro atoms. The summed E-state index contributed by atoms with van der Waals surface area (Å²) >= 11 is 12.2. The maximum atomic E-state index is 13.6. The maximum Gasteiger partial charge on any atom is 0.257 e. The summed E-state index contributed by atoms with van der Waals surface area (Å²) < 4.78 is 11.3. The van der Waals surface area contributed by atoms with E-state index < -0.39 is 5.60 Å². The molecule has 1 aromatic rings. The number of hydrogen-bond acceptors (Lipinski definition) is 6. The molecule has 1 N–H and O–H groups in total. The number of hydrogen-bond donors (Lipinski definition) is 1. The highest BCUT2D eigenvalue weighted by Crippen LogP contribution is 2.33. The highest BCUT2D eigenvalue weighted by atomic mass is 35.5. The van der Waals surface area contributed by atoms with Gasteiger partial charge in [-0.1, -0.05) is 29.3 Å². The number of aliphatic hydroxyl groups is 1. The molecule has 34 heavy (non-hydrogen) atoms. The molecular weight excluding hydrogens is 481 g/mol. The largest absolute Gasteiger partial charge is 0.378 e. The van der Waals surface area contributed by atoms with E-state index in [0.717, 1.165) is 31.5 Å². The lowest BCUT2D eigenvalue weighted by atomic mass is 9.89. The molecule has 4 fully saturated rings. The van der Waals surface area contributed by atoms with Gasteiger partial charge in [0.2, 0.25) is 5.91 Å². The lowest BCUT2D eigenvalue weighted by Gasteiger charge is -2.54. The standard InChI is InChI=1S/C24H31Cl2N3O5/c25-17-4-3-16(11-18(17)26)12-21(30)29-9-8-28(23(31)24(32)5-10-33-15-24)20-14-34-13-19(22(20)29)27-6-1-2-7-27/h3-4,11,19-20,22,32H,1-2,5-10,12-15H2/t19-,20+,22+,24?/m0/s1. The first-order chi connectivity index (χ1) is 16.4. The third-order valence-corrected chi connectivity index (χ3v) is 8.38. The molecule has 4 heterocycles. The Labute approximate surface area is 209 Å². The van der Waals surface area contributed by atoms with E-state index in [2.05, 4.69) is 4.90 Å². The Morgan fingerprint density at radius 3 is 2.44 bits per heavy atom. The van der Waals surface area contributed by atoms with Crippen LogP contribution >= 0.6 is 23.2 Å². The number of rotatable bonds is 4. The average molecular weight is 512 g/mol. The SMILES string of the molecule is O=C(Cc1ccc(Cl)c(Cl)c1)N1CCN(C(=O)C2(O)CCOC2)[C@@H]2COC[C@H](N3CCCC3)[C@H]21. The average Bonchev–Trinajstić information content (AvgIpc) is 3.53. The Balaban J connectivity index is 1.41. The van der Waals surface area contributed by atoms with Crippen LogP contribution < -0.4 is 0 Å². The second-order valence-corrected chi connectivity index (χ2v) is 10.6. The number of amides is 2. The summed E-state index contributed by atoms with van der Waals surface area (Å²) in [6, 6.07) is 4.74. The van der Waals surface area contributed by atoms with Crippen LogP contribution in [0.15, 0.2) is 18.2 Å². The number of carbonyl (C=O) groups is 2. The molecule has 4 aliphatic heterocycles. The predicted molar refractivity (Wildman–Crippen MR) is 127 cm³/mol. The molecule has 0 bridgehead atoms. The van der Waals surface area contributed by atoms with Crippen LogP contribution in [0.1, 0.15) is 24.8 Å². The summed E-state index contributed by atoms with van der Waals surface area (Å²) in [4.78, 5) is 33.1. The third kappa shape index (κ3) is 4.56. The van der Waals surface area contributed by atoms with E-state index >= 15 is 0 Å². The van der Waals surface area contributed by atoms with Crippen LogP contribution in [0, 0.1) is 0 Å². The molecule has 0 aromatic heterocycles. The number of nitrogens with zero attached hydrogens (tertiary/aromatic N) is 3. The third-order valence-electron chi connectivity index (χ3n) is 7.64. The van der Waals surface area contributed by atoms with Gasteiger partial charge in [0, 0.05) is 19.5 Å². The van der Waals surface area contributed by atoms with E-state index in [0.29, 0.717) is 43.0 Å². The highest BCUT2D eigenvalue weighted by molar-refractivity contribution is 6.42. The van der Waals surface area contributed by atoms with Crippen molar-refractivity contribution in [1.82, 2.24) is 14.7 Å². The first kappa shape index (κ1) is 24.3. The van der Waals surface area contributed by atoms with Gasteiger partial charge in [0.25, 0.3) is 5.91 Å². The highest BCUT2D eigenvalue weighted by Gasteiger charge is 2.53. The second kappa shape index (κ2) is 9.91. The molecular formula is C24H31Cl2N3O5. The fourth-order valence-electron chi connectivity index (χ4n) is 5.84. The summed E-state index contributed by atoms with van der Waals surface area (Å²) in [7, 11) is 0. The lowest BCUT2D eigenvalue weighted by molar-refractivity contribution is -0.174. The van der Waals surface area contributed by atoms with E-state index in [4.69, 9.17) is 32.7 Å². The van der Waals surface area contributed by atoms with E-state index in [-0.39, 0.29) is 49.4 Å². The minimum Gasteiger partial charge on any atom is -0.378 e. The lowest BCUT2D eigenvalue weighted by Crippen LogP contribution is -2.73. The molecule has 1 aromatic carbocycles. The van der Waals surface area contributed by atoms with Crippen LogP contribution in [-0.2, 0) is 25.5 Å².